The van der Waals surface area contributed by atoms with E-state index >= 15 is 0 Å². The third-order valence-electron chi connectivity index (χ3n) is 3.01. The first-order valence-corrected chi connectivity index (χ1v) is 7.13. The lowest BCUT2D eigenvalue weighted by Gasteiger charge is -2.19. The molecule has 2 aromatic rings. The lowest BCUT2D eigenvalue weighted by Crippen LogP contribution is -2.41. The van der Waals surface area contributed by atoms with Gasteiger partial charge in [-0.1, -0.05) is 13.8 Å². The molecule has 0 radical (unpaired) electrons. The van der Waals surface area contributed by atoms with Crippen LogP contribution < -0.4 is 5.32 Å². The molecule has 2 rings (SSSR count). The van der Waals surface area contributed by atoms with Gasteiger partial charge in [-0.05, 0) is 29.0 Å². The SMILES string of the molecule is COC(=O)[C@@H](NCc1cnc2ccsc2c1)C(C)C. The van der Waals surface area contributed by atoms with Crippen molar-refractivity contribution in [3.05, 3.63) is 29.3 Å². The van der Waals surface area contributed by atoms with Crippen LogP contribution in [0.3, 0.4) is 0 Å². The number of hydrogen-bond acceptors (Lipinski definition) is 5. The van der Waals surface area contributed by atoms with Crippen LogP contribution in [0.25, 0.3) is 10.2 Å². The summed E-state index contributed by atoms with van der Waals surface area (Å²) in [6, 6.07) is 3.82. The summed E-state index contributed by atoms with van der Waals surface area (Å²) in [5.41, 5.74) is 2.09. The number of nitrogens with zero attached hydrogens (tertiary/aromatic N) is 1. The van der Waals surface area contributed by atoms with Gasteiger partial charge in [0.15, 0.2) is 0 Å². The Hall–Kier alpha value is -1.46. The number of thiophene rings is 1. The Morgan fingerprint density at radius 2 is 2.32 bits per heavy atom. The number of fused-ring (bicyclic) bond motifs is 1. The van der Waals surface area contributed by atoms with Crippen LogP contribution in [0, 0.1) is 5.92 Å². The van der Waals surface area contributed by atoms with Gasteiger partial charge in [0.2, 0.25) is 0 Å². The van der Waals surface area contributed by atoms with Gasteiger partial charge in [0, 0.05) is 12.7 Å². The van der Waals surface area contributed by atoms with Crippen molar-refractivity contribution in [2.75, 3.05) is 7.11 Å². The standard InChI is InChI=1S/C14H18N2O2S/c1-9(2)13(14(17)18-3)16-8-10-6-12-11(15-7-10)4-5-19-12/h4-7,9,13,16H,8H2,1-3H3/t13-/m0/s1. The Labute approximate surface area is 116 Å². The molecule has 1 N–H and O–H groups in total. The lowest BCUT2D eigenvalue weighted by molar-refractivity contribution is -0.144. The molecule has 4 nitrogen and oxygen atoms in total. The van der Waals surface area contributed by atoms with Crippen molar-refractivity contribution in [2.45, 2.75) is 26.4 Å². The number of aromatic nitrogens is 1. The third-order valence-corrected chi connectivity index (χ3v) is 3.86. The van der Waals surface area contributed by atoms with E-state index in [0.29, 0.717) is 6.54 Å². The van der Waals surface area contributed by atoms with Crippen molar-refractivity contribution >= 4 is 27.5 Å². The Morgan fingerprint density at radius 3 is 3.00 bits per heavy atom. The van der Waals surface area contributed by atoms with E-state index in [2.05, 4.69) is 16.4 Å². The van der Waals surface area contributed by atoms with Gasteiger partial charge >= 0.3 is 5.97 Å². The Morgan fingerprint density at radius 1 is 1.53 bits per heavy atom. The largest absolute Gasteiger partial charge is 0.468 e. The first kappa shape index (κ1) is 14.0. The maximum atomic E-state index is 11.6. The number of esters is 1. The first-order chi connectivity index (χ1) is 9.11. The van der Waals surface area contributed by atoms with Gasteiger partial charge in [0.1, 0.15) is 6.04 Å². The molecule has 0 saturated carbocycles. The molecule has 0 saturated heterocycles. The summed E-state index contributed by atoms with van der Waals surface area (Å²) >= 11 is 1.67. The highest BCUT2D eigenvalue weighted by atomic mass is 32.1. The molecule has 0 bridgehead atoms. The normalized spacial score (nSPS) is 12.8. The molecule has 0 aromatic carbocycles. The molecule has 0 amide bonds. The van der Waals surface area contributed by atoms with Crippen LogP contribution in [0.5, 0.6) is 0 Å². The van der Waals surface area contributed by atoms with E-state index in [0.717, 1.165) is 11.1 Å². The van der Waals surface area contributed by atoms with E-state index in [9.17, 15) is 4.79 Å². The second-order valence-electron chi connectivity index (χ2n) is 4.77. The maximum Gasteiger partial charge on any atom is 0.323 e. The summed E-state index contributed by atoms with van der Waals surface area (Å²) in [7, 11) is 1.42. The molecule has 0 fully saturated rings. The zero-order valence-corrected chi connectivity index (χ0v) is 12.2. The molecule has 0 unspecified atom stereocenters. The van der Waals surface area contributed by atoms with E-state index in [4.69, 9.17) is 4.74 Å². The van der Waals surface area contributed by atoms with Crippen molar-refractivity contribution in [3.63, 3.8) is 0 Å². The first-order valence-electron chi connectivity index (χ1n) is 6.25. The summed E-state index contributed by atoms with van der Waals surface area (Å²) in [4.78, 5) is 16.0. The lowest BCUT2D eigenvalue weighted by atomic mass is 10.0. The number of rotatable bonds is 5. The smallest absolute Gasteiger partial charge is 0.323 e. The van der Waals surface area contributed by atoms with Crippen molar-refractivity contribution in [2.24, 2.45) is 5.92 Å². The number of nitrogens with one attached hydrogen (secondary N) is 1. The van der Waals surface area contributed by atoms with Gasteiger partial charge in [0.25, 0.3) is 0 Å². The summed E-state index contributed by atoms with van der Waals surface area (Å²) in [6.45, 7) is 4.60. The monoisotopic (exact) mass is 278 g/mol. The van der Waals surface area contributed by atoms with Crippen LogP contribution in [0.4, 0.5) is 0 Å². The second kappa shape index (κ2) is 6.12. The maximum absolute atomic E-state index is 11.6. The topological polar surface area (TPSA) is 51.2 Å². The minimum Gasteiger partial charge on any atom is -0.468 e. The predicted octanol–water partition coefficient (Wildman–Crippen LogP) is 2.58. The quantitative estimate of drug-likeness (QED) is 0.854. The van der Waals surface area contributed by atoms with Gasteiger partial charge in [-0.25, -0.2) is 0 Å². The van der Waals surface area contributed by atoms with E-state index < -0.39 is 0 Å². The predicted molar refractivity (Wildman–Crippen MR) is 77.1 cm³/mol. The Kier molecular flexibility index (Phi) is 4.50. The molecular weight excluding hydrogens is 260 g/mol. The molecule has 0 aliphatic carbocycles. The van der Waals surface area contributed by atoms with Crippen LogP contribution >= 0.6 is 11.3 Å². The minimum atomic E-state index is -0.288. The minimum absolute atomic E-state index is 0.186. The summed E-state index contributed by atoms with van der Waals surface area (Å²) in [6.07, 6.45) is 1.84. The highest BCUT2D eigenvalue weighted by Crippen LogP contribution is 2.19. The van der Waals surface area contributed by atoms with E-state index in [1.807, 2.05) is 31.5 Å². The average molecular weight is 278 g/mol. The highest BCUT2D eigenvalue weighted by Gasteiger charge is 2.22. The molecule has 102 valence electrons. The van der Waals surface area contributed by atoms with Crippen molar-refractivity contribution in [1.29, 1.82) is 0 Å². The Bertz CT molecular complexity index is 565. The number of hydrogen-bond donors (Lipinski definition) is 1. The zero-order valence-electron chi connectivity index (χ0n) is 11.3. The van der Waals surface area contributed by atoms with Crippen molar-refractivity contribution < 1.29 is 9.53 Å². The molecule has 0 aliphatic heterocycles. The summed E-state index contributed by atoms with van der Waals surface area (Å²) < 4.78 is 5.97. The van der Waals surface area contributed by atoms with Crippen LogP contribution in [0.15, 0.2) is 23.7 Å². The van der Waals surface area contributed by atoms with Gasteiger partial charge in [-0.15, -0.1) is 11.3 Å². The van der Waals surface area contributed by atoms with Gasteiger partial charge in [-0.3, -0.25) is 9.78 Å². The highest BCUT2D eigenvalue weighted by molar-refractivity contribution is 7.17. The Balaban J connectivity index is 2.05. The van der Waals surface area contributed by atoms with Crippen LogP contribution in [0.1, 0.15) is 19.4 Å². The average Bonchev–Trinajstić information content (AvgIpc) is 2.85. The molecule has 2 heterocycles. The fourth-order valence-corrected chi connectivity index (χ4v) is 2.73. The van der Waals surface area contributed by atoms with Gasteiger partial charge < -0.3 is 10.1 Å². The van der Waals surface area contributed by atoms with Crippen LogP contribution in [-0.4, -0.2) is 24.1 Å². The third kappa shape index (κ3) is 3.30. The van der Waals surface area contributed by atoms with Crippen molar-refractivity contribution in [3.8, 4) is 0 Å². The fraction of sp³-hybridized carbons (Fsp3) is 0.429. The zero-order chi connectivity index (χ0) is 13.8. The molecule has 0 spiro atoms. The second-order valence-corrected chi connectivity index (χ2v) is 5.72. The number of carbonyl (C=O) groups excluding carboxylic acids is 1. The number of pyridine rings is 1. The molecule has 0 aliphatic rings. The fourth-order valence-electron chi connectivity index (χ4n) is 1.93. The number of ether oxygens (including phenoxy) is 1. The van der Waals surface area contributed by atoms with E-state index in [1.54, 1.807) is 11.3 Å². The molecule has 2 aromatic heterocycles. The molecular formula is C14H18N2O2S. The molecule has 19 heavy (non-hydrogen) atoms. The van der Waals surface area contributed by atoms with Gasteiger partial charge in [0.05, 0.1) is 17.3 Å². The summed E-state index contributed by atoms with van der Waals surface area (Å²) in [5, 5.41) is 5.26. The van der Waals surface area contributed by atoms with Gasteiger partial charge in [-0.2, -0.15) is 0 Å². The molecule has 1 atom stereocenters. The van der Waals surface area contributed by atoms with Crippen LogP contribution in [-0.2, 0) is 16.1 Å². The number of carbonyl (C=O) groups is 1. The van der Waals surface area contributed by atoms with Crippen LogP contribution in [0.2, 0.25) is 0 Å². The van der Waals surface area contributed by atoms with E-state index in [1.165, 1.54) is 11.8 Å². The molecule has 5 heteroatoms. The van der Waals surface area contributed by atoms with Crippen molar-refractivity contribution in [1.82, 2.24) is 10.3 Å². The summed E-state index contributed by atoms with van der Waals surface area (Å²) in [5.74, 6) is -0.0361. The number of methoxy groups -OCH3 is 1. The van der Waals surface area contributed by atoms with E-state index in [-0.39, 0.29) is 17.9 Å².